The second-order valence-electron chi connectivity index (χ2n) is 10.4. The molecule has 3 aliphatic heterocycles. The fourth-order valence-corrected chi connectivity index (χ4v) is 5.85. The molecule has 1 aromatic carbocycles. The molecule has 1 amide bonds. The Balaban J connectivity index is 1.20. The summed E-state index contributed by atoms with van der Waals surface area (Å²) in [5, 5.41) is 0. The molecule has 0 spiro atoms. The Hall–Kier alpha value is -2.44. The maximum Gasteiger partial charge on any atom is 0.272 e. The number of benzene rings is 1. The molecule has 2 saturated heterocycles. The van der Waals surface area contributed by atoms with Crippen LogP contribution in [0.25, 0.3) is 0 Å². The fourth-order valence-electron chi connectivity index (χ4n) is 5.85. The molecule has 1 aromatic heterocycles. The normalized spacial score (nSPS) is 20.9. The van der Waals surface area contributed by atoms with Crippen molar-refractivity contribution in [2.24, 2.45) is 0 Å². The van der Waals surface area contributed by atoms with Gasteiger partial charge in [-0.1, -0.05) is 30.3 Å². The molecule has 0 radical (unpaired) electrons. The molecule has 182 valence electrons. The van der Waals surface area contributed by atoms with Crippen LogP contribution in [0.2, 0.25) is 0 Å². The first-order valence-corrected chi connectivity index (χ1v) is 13.1. The Morgan fingerprint density at radius 1 is 0.882 bits per heavy atom. The summed E-state index contributed by atoms with van der Waals surface area (Å²) in [6, 6.07) is 15.7. The van der Waals surface area contributed by atoms with Crippen LogP contribution in [0, 0.1) is 0 Å². The molecule has 0 N–H and O–H groups in total. The highest BCUT2D eigenvalue weighted by molar-refractivity contribution is 5.92. The molecule has 0 atom stereocenters. The van der Waals surface area contributed by atoms with Crippen molar-refractivity contribution in [3.63, 3.8) is 0 Å². The van der Waals surface area contributed by atoms with E-state index in [0.717, 1.165) is 51.4 Å². The van der Waals surface area contributed by atoms with Crippen LogP contribution in [0.5, 0.6) is 0 Å². The van der Waals surface area contributed by atoms with Crippen molar-refractivity contribution in [3.8, 4) is 0 Å². The van der Waals surface area contributed by atoms with Crippen LogP contribution in [-0.2, 0) is 13.0 Å². The first-order chi connectivity index (χ1) is 16.6. The van der Waals surface area contributed by atoms with Crippen molar-refractivity contribution < 1.29 is 4.79 Å². The third-order valence-corrected chi connectivity index (χ3v) is 7.97. The van der Waals surface area contributed by atoms with E-state index in [-0.39, 0.29) is 5.91 Å². The summed E-state index contributed by atoms with van der Waals surface area (Å²) in [4.78, 5) is 27.8. The molecule has 0 aliphatic carbocycles. The van der Waals surface area contributed by atoms with E-state index < -0.39 is 0 Å². The number of anilines is 1. The molecular weight excluding hydrogens is 422 g/mol. The lowest BCUT2D eigenvalue weighted by Crippen LogP contribution is -2.47. The Labute approximate surface area is 204 Å². The highest BCUT2D eigenvalue weighted by Gasteiger charge is 2.28. The first-order valence-electron chi connectivity index (χ1n) is 13.1. The summed E-state index contributed by atoms with van der Waals surface area (Å²) in [6.45, 7) is 12.7. The van der Waals surface area contributed by atoms with Gasteiger partial charge >= 0.3 is 0 Å². The number of hydrogen-bond donors (Lipinski definition) is 0. The monoisotopic (exact) mass is 461 g/mol. The number of hydrogen-bond acceptors (Lipinski definition) is 5. The Morgan fingerprint density at radius 3 is 2.47 bits per heavy atom. The van der Waals surface area contributed by atoms with Crippen LogP contribution >= 0.6 is 0 Å². The third kappa shape index (κ3) is 5.13. The zero-order valence-electron chi connectivity index (χ0n) is 20.8. The van der Waals surface area contributed by atoms with Crippen molar-refractivity contribution >= 4 is 11.7 Å². The molecule has 5 rings (SSSR count). The molecule has 6 heteroatoms. The number of rotatable bonds is 4. The van der Waals surface area contributed by atoms with Crippen LogP contribution in [0.4, 0.5) is 5.82 Å². The number of pyridine rings is 1. The first kappa shape index (κ1) is 23.3. The van der Waals surface area contributed by atoms with Gasteiger partial charge in [0.05, 0.1) is 0 Å². The van der Waals surface area contributed by atoms with Gasteiger partial charge in [-0.15, -0.1) is 0 Å². The second-order valence-corrected chi connectivity index (χ2v) is 10.4. The van der Waals surface area contributed by atoms with Crippen LogP contribution in [0.3, 0.4) is 0 Å². The lowest BCUT2D eigenvalue weighted by atomic mass is 10.00. The number of carbonyl (C=O) groups is 1. The Bertz CT molecular complexity index is 984. The largest absolute Gasteiger partial charge is 0.355 e. The van der Waals surface area contributed by atoms with Crippen LogP contribution in [-0.4, -0.2) is 83.5 Å². The van der Waals surface area contributed by atoms with Gasteiger partial charge in [0, 0.05) is 51.4 Å². The van der Waals surface area contributed by atoms with E-state index in [4.69, 9.17) is 4.98 Å². The van der Waals surface area contributed by atoms with Gasteiger partial charge < -0.3 is 14.7 Å². The molecule has 6 nitrogen and oxygen atoms in total. The topological polar surface area (TPSA) is 42.9 Å². The molecule has 0 bridgehead atoms. The highest BCUT2D eigenvalue weighted by atomic mass is 16.2. The Morgan fingerprint density at radius 2 is 1.68 bits per heavy atom. The second kappa shape index (κ2) is 10.4. The Kier molecular flexibility index (Phi) is 7.16. The quantitative estimate of drug-likeness (QED) is 0.695. The summed E-state index contributed by atoms with van der Waals surface area (Å²) in [6.07, 6.45) is 4.62. The minimum atomic E-state index is 0.0460. The van der Waals surface area contributed by atoms with Gasteiger partial charge in [0.2, 0.25) is 0 Å². The minimum absolute atomic E-state index is 0.0460. The van der Waals surface area contributed by atoms with Crippen LogP contribution in [0.15, 0.2) is 42.5 Å². The number of carbonyl (C=O) groups excluding carboxylic acids is 1. The summed E-state index contributed by atoms with van der Waals surface area (Å²) < 4.78 is 0. The predicted molar refractivity (Wildman–Crippen MR) is 137 cm³/mol. The standard InChI is InChI=1S/C28H39N5O/c1-22(2)30-17-12-25(13-18-30)31-14-6-15-32(20-19-31)27-10-5-9-26(29-27)28(34)33-16-11-23-7-3-4-8-24(23)21-33/h3-5,7-10,22,25H,6,11-21H2,1-2H3. The van der Waals surface area contributed by atoms with Crippen LogP contribution in [0.1, 0.15) is 54.7 Å². The average molecular weight is 462 g/mol. The molecule has 0 saturated carbocycles. The number of amides is 1. The molecule has 0 unspecified atom stereocenters. The van der Waals surface area contributed by atoms with Crippen molar-refractivity contribution in [2.75, 3.05) is 50.7 Å². The van der Waals surface area contributed by atoms with Crippen molar-refractivity contribution in [1.29, 1.82) is 0 Å². The van der Waals surface area contributed by atoms with E-state index in [9.17, 15) is 4.79 Å². The van der Waals surface area contributed by atoms with E-state index >= 15 is 0 Å². The number of aromatic nitrogens is 1. The van der Waals surface area contributed by atoms with Gasteiger partial charge in [-0.3, -0.25) is 9.69 Å². The van der Waals surface area contributed by atoms with E-state index in [1.807, 2.05) is 17.0 Å². The zero-order valence-corrected chi connectivity index (χ0v) is 20.8. The maximum atomic E-state index is 13.3. The molecule has 3 aliphatic rings. The van der Waals surface area contributed by atoms with Crippen LogP contribution < -0.4 is 4.90 Å². The van der Waals surface area contributed by atoms with E-state index in [1.165, 1.54) is 37.1 Å². The number of nitrogens with zero attached hydrogens (tertiary/aromatic N) is 5. The van der Waals surface area contributed by atoms with Crippen molar-refractivity contribution in [3.05, 3.63) is 59.3 Å². The maximum absolute atomic E-state index is 13.3. The zero-order chi connectivity index (χ0) is 23.5. The van der Waals surface area contributed by atoms with Gasteiger partial charge in [0.15, 0.2) is 0 Å². The van der Waals surface area contributed by atoms with E-state index in [2.05, 4.69) is 58.9 Å². The highest BCUT2D eigenvalue weighted by Crippen LogP contribution is 2.23. The summed E-state index contributed by atoms with van der Waals surface area (Å²) in [7, 11) is 0. The fraction of sp³-hybridized carbons (Fsp3) is 0.571. The third-order valence-electron chi connectivity index (χ3n) is 7.97. The minimum Gasteiger partial charge on any atom is -0.355 e. The van der Waals surface area contributed by atoms with Gasteiger partial charge in [0.25, 0.3) is 5.91 Å². The smallest absolute Gasteiger partial charge is 0.272 e. The van der Waals surface area contributed by atoms with E-state index in [0.29, 0.717) is 24.3 Å². The molecule has 2 aromatic rings. The summed E-state index contributed by atoms with van der Waals surface area (Å²) in [5.41, 5.74) is 3.18. The number of piperidine rings is 1. The van der Waals surface area contributed by atoms with Gasteiger partial charge in [-0.2, -0.15) is 0 Å². The number of fused-ring (bicyclic) bond motifs is 1. The molecular formula is C28H39N5O. The van der Waals surface area contributed by atoms with Crippen molar-refractivity contribution in [2.45, 2.75) is 58.2 Å². The summed E-state index contributed by atoms with van der Waals surface area (Å²) >= 11 is 0. The molecule has 4 heterocycles. The van der Waals surface area contributed by atoms with Gasteiger partial charge in [-0.25, -0.2) is 4.98 Å². The van der Waals surface area contributed by atoms with E-state index in [1.54, 1.807) is 0 Å². The van der Waals surface area contributed by atoms with Gasteiger partial charge in [-0.05, 0) is 75.9 Å². The predicted octanol–water partition coefficient (Wildman–Crippen LogP) is 3.67. The number of likely N-dealkylation sites (tertiary alicyclic amines) is 1. The lowest BCUT2D eigenvalue weighted by molar-refractivity contribution is 0.0729. The SMILES string of the molecule is CC(C)N1CCC(N2CCCN(c3cccc(C(=O)N4CCc5ccccc5C4)n3)CC2)CC1. The summed E-state index contributed by atoms with van der Waals surface area (Å²) in [5.74, 6) is 0.990. The lowest BCUT2D eigenvalue weighted by Gasteiger charge is -2.39. The molecule has 34 heavy (non-hydrogen) atoms. The van der Waals surface area contributed by atoms with Gasteiger partial charge in [0.1, 0.15) is 11.5 Å². The molecule has 2 fully saturated rings. The van der Waals surface area contributed by atoms with Crippen molar-refractivity contribution in [1.82, 2.24) is 19.7 Å². The average Bonchev–Trinajstić information content (AvgIpc) is 3.14.